The number of carbonyl (C=O) groups excluding carboxylic acids is 2. The van der Waals surface area contributed by atoms with Crippen LogP contribution < -0.4 is 16.2 Å². The molecule has 0 heterocycles. The third-order valence-electron chi connectivity index (χ3n) is 1.33. The number of carbonyl (C=O) groups is 2. The van der Waals surface area contributed by atoms with Gasteiger partial charge in [-0.25, -0.2) is 0 Å². The number of nitrogens with one attached hydrogen (secondary N) is 1. The standard InChI is InChI=1S/C6H11F3N2O.C2H4O2/c1-2-4(10)5(12)11-3-6(7,8)9;1-2(3)4/h4H,2-3,10H2,1H3,(H,11,12);1H3,(H,3,4)/t4-;/m0./s1. The molecular weight excluding hydrogens is 229 g/mol. The average Bonchev–Trinajstić information content (AvgIpc) is 2.10. The summed E-state index contributed by atoms with van der Waals surface area (Å²) in [6.45, 7) is 1.38. The van der Waals surface area contributed by atoms with Crippen molar-refractivity contribution in [2.45, 2.75) is 32.5 Å². The molecule has 0 aliphatic heterocycles. The summed E-state index contributed by atoms with van der Waals surface area (Å²) in [6.07, 6.45) is -3.91. The number of amides is 1. The van der Waals surface area contributed by atoms with Gasteiger partial charge < -0.3 is 21.0 Å². The van der Waals surface area contributed by atoms with Crippen LogP contribution in [0.1, 0.15) is 20.3 Å². The zero-order chi connectivity index (χ0) is 13.4. The normalized spacial score (nSPS) is 12.1. The maximum absolute atomic E-state index is 11.5. The summed E-state index contributed by atoms with van der Waals surface area (Å²) in [5.74, 6) is -1.74. The van der Waals surface area contributed by atoms with Crippen molar-refractivity contribution in [1.82, 2.24) is 5.32 Å². The molecule has 0 aliphatic rings. The Labute approximate surface area is 90.8 Å². The van der Waals surface area contributed by atoms with Gasteiger partial charge in [-0.1, -0.05) is 6.92 Å². The SMILES string of the molecule is CC(=O)[O-].CC[C@H]([NH3+])C(=O)NCC(F)(F)F. The van der Waals surface area contributed by atoms with Crippen LogP contribution in [0, 0.1) is 0 Å². The van der Waals surface area contributed by atoms with Crippen molar-refractivity contribution in [3.63, 3.8) is 0 Å². The Morgan fingerprint density at radius 3 is 2.06 bits per heavy atom. The molecule has 0 saturated heterocycles. The van der Waals surface area contributed by atoms with E-state index in [2.05, 4.69) is 5.73 Å². The van der Waals surface area contributed by atoms with Gasteiger partial charge in [0.2, 0.25) is 0 Å². The van der Waals surface area contributed by atoms with Crippen LogP contribution in [0.15, 0.2) is 0 Å². The number of hydrogen-bond acceptors (Lipinski definition) is 3. The molecule has 16 heavy (non-hydrogen) atoms. The Morgan fingerprint density at radius 2 is 1.81 bits per heavy atom. The number of halogens is 3. The van der Waals surface area contributed by atoms with E-state index in [4.69, 9.17) is 9.90 Å². The molecule has 0 fully saturated rings. The molecule has 96 valence electrons. The van der Waals surface area contributed by atoms with Crippen LogP contribution in [0.3, 0.4) is 0 Å². The summed E-state index contributed by atoms with van der Waals surface area (Å²) in [6, 6.07) is -0.604. The average molecular weight is 244 g/mol. The third kappa shape index (κ3) is 15.2. The minimum absolute atomic E-state index is 0.434. The fraction of sp³-hybridized carbons (Fsp3) is 0.750. The van der Waals surface area contributed by atoms with Crippen molar-refractivity contribution >= 4 is 11.9 Å². The summed E-state index contributed by atoms with van der Waals surface area (Å²) in [5.41, 5.74) is 3.38. The van der Waals surface area contributed by atoms with E-state index >= 15 is 0 Å². The minimum atomic E-state index is -4.34. The molecule has 1 amide bonds. The van der Waals surface area contributed by atoms with Gasteiger partial charge in [-0.05, 0) is 6.92 Å². The van der Waals surface area contributed by atoms with E-state index in [0.717, 1.165) is 6.92 Å². The van der Waals surface area contributed by atoms with Gasteiger partial charge in [0.1, 0.15) is 6.54 Å². The second-order valence-corrected chi connectivity index (χ2v) is 2.93. The summed E-state index contributed by atoms with van der Waals surface area (Å²) in [4.78, 5) is 19.6. The molecule has 0 aromatic rings. The van der Waals surface area contributed by atoms with Gasteiger partial charge in [0.25, 0.3) is 5.91 Å². The summed E-state index contributed by atoms with van der Waals surface area (Å²) >= 11 is 0. The van der Waals surface area contributed by atoms with Gasteiger partial charge >= 0.3 is 6.18 Å². The van der Waals surface area contributed by atoms with Crippen LogP contribution in [-0.4, -0.2) is 30.6 Å². The lowest BCUT2D eigenvalue weighted by atomic mass is 10.2. The lowest BCUT2D eigenvalue weighted by Gasteiger charge is -2.09. The van der Waals surface area contributed by atoms with E-state index in [1.807, 2.05) is 0 Å². The van der Waals surface area contributed by atoms with Crippen LogP contribution in [0.5, 0.6) is 0 Å². The highest BCUT2D eigenvalue weighted by atomic mass is 19.4. The molecule has 0 saturated carbocycles. The van der Waals surface area contributed by atoms with Gasteiger partial charge in [-0.3, -0.25) is 4.79 Å². The third-order valence-corrected chi connectivity index (χ3v) is 1.33. The number of carboxylic acid groups (broad SMARTS) is 1. The maximum Gasteiger partial charge on any atom is 0.405 e. The topological polar surface area (TPSA) is 96.9 Å². The van der Waals surface area contributed by atoms with Gasteiger partial charge in [0.05, 0.1) is 0 Å². The molecule has 0 radical (unpaired) electrons. The molecule has 0 rings (SSSR count). The molecule has 4 N–H and O–H groups in total. The van der Waals surface area contributed by atoms with Crippen molar-refractivity contribution in [3.05, 3.63) is 0 Å². The Balaban J connectivity index is 0. The molecule has 5 nitrogen and oxygen atoms in total. The first-order valence-electron chi connectivity index (χ1n) is 4.45. The van der Waals surface area contributed by atoms with E-state index in [1.54, 1.807) is 12.2 Å². The molecule has 8 heteroatoms. The molecule has 0 bridgehead atoms. The lowest BCUT2D eigenvalue weighted by Crippen LogP contribution is -2.67. The molecule has 1 atom stereocenters. The zero-order valence-electron chi connectivity index (χ0n) is 9.06. The predicted molar refractivity (Wildman–Crippen MR) is 46.7 cm³/mol. The monoisotopic (exact) mass is 244 g/mol. The number of quaternary nitrogens is 1. The molecule has 0 aromatic heterocycles. The highest BCUT2D eigenvalue weighted by Crippen LogP contribution is 2.11. The lowest BCUT2D eigenvalue weighted by molar-refractivity contribution is -0.404. The fourth-order valence-corrected chi connectivity index (χ4v) is 0.517. The fourth-order valence-electron chi connectivity index (χ4n) is 0.517. The van der Waals surface area contributed by atoms with Crippen LogP contribution in [0.2, 0.25) is 0 Å². The Bertz CT molecular complexity index is 227. The first-order valence-corrected chi connectivity index (χ1v) is 4.45. The largest absolute Gasteiger partial charge is 0.550 e. The molecule has 0 aromatic carbocycles. The smallest absolute Gasteiger partial charge is 0.405 e. The van der Waals surface area contributed by atoms with E-state index < -0.39 is 30.6 Å². The van der Waals surface area contributed by atoms with E-state index in [9.17, 15) is 18.0 Å². The Morgan fingerprint density at radius 1 is 1.44 bits per heavy atom. The highest BCUT2D eigenvalue weighted by molar-refractivity contribution is 5.79. The van der Waals surface area contributed by atoms with Crippen molar-refractivity contribution in [2.75, 3.05) is 6.54 Å². The predicted octanol–water partition coefficient (Wildman–Crippen LogP) is -1.56. The van der Waals surface area contributed by atoms with Crippen LogP contribution in [0.4, 0.5) is 13.2 Å². The quantitative estimate of drug-likeness (QED) is 0.628. The van der Waals surface area contributed by atoms with Crippen molar-refractivity contribution < 1.29 is 33.6 Å². The minimum Gasteiger partial charge on any atom is -0.550 e. The molecule has 0 aliphatic carbocycles. The van der Waals surface area contributed by atoms with Gasteiger partial charge in [0.15, 0.2) is 6.04 Å². The first kappa shape index (κ1) is 17.1. The number of rotatable bonds is 3. The second-order valence-electron chi connectivity index (χ2n) is 2.93. The summed E-state index contributed by atoms with van der Waals surface area (Å²) < 4.78 is 34.6. The van der Waals surface area contributed by atoms with Gasteiger partial charge in [-0.2, -0.15) is 13.2 Å². The maximum atomic E-state index is 11.5. The number of carboxylic acids is 1. The summed E-state index contributed by atoms with van der Waals surface area (Å²) in [5, 5.41) is 10.6. The van der Waals surface area contributed by atoms with E-state index in [-0.39, 0.29) is 0 Å². The highest BCUT2D eigenvalue weighted by Gasteiger charge is 2.29. The number of alkyl halides is 3. The number of aliphatic carboxylic acids is 1. The number of hydrogen-bond donors (Lipinski definition) is 2. The van der Waals surface area contributed by atoms with Gasteiger partial charge in [0, 0.05) is 12.4 Å². The second kappa shape index (κ2) is 7.91. The van der Waals surface area contributed by atoms with Crippen molar-refractivity contribution in [1.29, 1.82) is 0 Å². The molecule has 0 spiro atoms. The molecule has 0 unspecified atom stereocenters. The van der Waals surface area contributed by atoms with Crippen LogP contribution in [0.25, 0.3) is 0 Å². The zero-order valence-corrected chi connectivity index (χ0v) is 9.06. The Kier molecular flexibility index (Phi) is 8.46. The van der Waals surface area contributed by atoms with E-state index in [1.165, 1.54) is 0 Å². The summed E-state index contributed by atoms with van der Waals surface area (Å²) in [7, 11) is 0. The van der Waals surface area contributed by atoms with Crippen molar-refractivity contribution in [3.8, 4) is 0 Å². The van der Waals surface area contributed by atoms with Crippen molar-refractivity contribution in [2.24, 2.45) is 0 Å². The van der Waals surface area contributed by atoms with E-state index in [0.29, 0.717) is 6.42 Å². The first-order chi connectivity index (χ1) is 7.10. The van der Waals surface area contributed by atoms with Crippen LogP contribution >= 0.6 is 0 Å². The Hall–Kier alpha value is -1.31. The molecular formula is C8H15F3N2O3. The van der Waals surface area contributed by atoms with Crippen LogP contribution in [-0.2, 0) is 9.59 Å². The van der Waals surface area contributed by atoms with Gasteiger partial charge in [-0.15, -0.1) is 0 Å².